The van der Waals surface area contributed by atoms with Gasteiger partial charge in [0.05, 0.1) is 5.56 Å². The van der Waals surface area contributed by atoms with Crippen molar-refractivity contribution in [2.45, 2.75) is 26.9 Å². The van der Waals surface area contributed by atoms with Crippen LogP contribution in [0, 0.1) is 19.7 Å². The topological polar surface area (TPSA) is 31.2 Å². The van der Waals surface area contributed by atoms with E-state index in [0.29, 0.717) is 5.56 Å². The van der Waals surface area contributed by atoms with Crippen LogP contribution in [-0.4, -0.2) is 10.5 Å². The van der Waals surface area contributed by atoms with E-state index in [4.69, 9.17) is 4.74 Å². The van der Waals surface area contributed by atoms with E-state index in [9.17, 15) is 9.18 Å². The monoisotopic (exact) mass is 337 g/mol. The summed E-state index contributed by atoms with van der Waals surface area (Å²) in [6.07, 6.45) is -0.443. The fourth-order valence-electron chi connectivity index (χ4n) is 2.85. The molecular formula is C21H20FNO2. The van der Waals surface area contributed by atoms with Crippen molar-refractivity contribution in [2.24, 2.45) is 0 Å². The van der Waals surface area contributed by atoms with E-state index in [0.717, 1.165) is 22.6 Å². The second-order valence-electron chi connectivity index (χ2n) is 6.10. The Hall–Kier alpha value is -2.88. The zero-order valence-corrected chi connectivity index (χ0v) is 14.5. The summed E-state index contributed by atoms with van der Waals surface area (Å²) in [7, 11) is 0. The lowest BCUT2D eigenvalue weighted by atomic mass is 10.1. The molecule has 0 bridgehead atoms. The third kappa shape index (κ3) is 3.63. The molecule has 0 aliphatic rings. The number of carbonyl (C=O) groups excluding carboxylic acids is 1. The number of nitrogens with zero attached hydrogens (tertiary/aromatic N) is 1. The first-order valence-corrected chi connectivity index (χ1v) is 8.17. The number of aryl methyl sites for hydroxylation is 2. The number of benzene rings is 2. The highest BCUT2D eigenvalue weighted by molar-refractivity contribution is 5.89. The maximum Gasteiger partial charge on any atom is 0.338 e. The molecule has 2 aromatic carbocycles. The van der Waals surface area contributed by atoms with Crippen LogP contribution in [0.3, 0.4) is 0 Å². The summed E-state index contributed by atoms with van der Waals surface area (Å²) in [5, 5.41) is 0. The van der Waals surface area contributed by atoms with Gasteiger partial charge in [-0.25, -0.2) is 9.18 Å². The van der Waals surface area contributed by atoms with Crippen molar-refractivity contribution in [3.63, 3.8) is 0 Å². The molecule has 25 heavy (non-hydrogen) atoms. The average Bonchev–Trinajstić information content (AvgIpc) is 2.94. The van der Waals surface area contributed by atoms with Crippen molar-refractivity contribution in [1.82, 2.24) is 4.57 Å². The summed E-state index contributed by atoms with van der Waals surface area (Å²) < 4.78 is 20.6. The number of rotatable bonds is 4. The van der Waals surface area contributed by atoms with Gasteiger partial charge < -0.3 is 9.30 Å². The quantitative estimate of drug-likeness (QED) is 0.616. The van der Waals surface area contributed by atoms with Gasteiger partial charge in [-0.15, -0.1) is 0 Å². The molecule has 0 spiro atoms. The number of hydrogen-bond donors (Lipinski definition) is 0. The van der Waals surface area contributed by atoms with Crippen LogP contribution in [0.15, 0.2) is 60.7 Å². The van der Waals surface area contributed by atoms with E-state index in [1.165, 1.54) is 12.1 Å². The second-order valence-corrected chi connectivity index (χ2v) is 6.10. The number of halogens is 1. The number of carbonyl (C=O) groups is 1. The van der Waals surface area contributed by atoms with Crippen LogP contribution >= 0.6 is 0 Å². The minimum atomic E-state index is -0.443. The number of hydrogen-bond acceptors (Lipinski definition) is 2. The number of aromatic nitrogens is 1. The van der Waals surface area contributed by atoms with E-state index in [2.05, 4.69) is 16.7 Å². The normalized spacial score (nSPS) is 12.0. The zero-order chi connectivity index (χ0) is 18.0. The molecule has 0 unspecified atom stereocenters. The molecule has 0 N–H and O–H groups in total. The van der Waals surface area contributed by atoms with Gasteiger partial charge in [-0.3, -0.25) is 0 Å². The largest absolute Gasteiger partial charge is 0.454 e. The Morgan fingerprint density at radius 1 is 0.920 bits per heavy atom. The fourth-order valence-corrected chi connectivity index (χ4v) is 2.85. The Kier molecular flexibility index (Phi) is 4.70. The highest BCUT2D eigenvalue weighted by Gasteiger charge is 2.14. The van der Waals surface area contributed by atoms with Crippen LogP contribution in [-0.2, 0) is 4.74 Å². The van der Waals surface area contributed by atoms with Crippen molar-refractivity contribution in [3.8, 4) is 5.69 Å². The predicted octanol–water partition coefficient (Wildman–Crippen LogP) is 5.15. The average molecular weight is 337 g/mol. The van der Waals surface area contributed by atoms with E-state index in [-0.39, 0.29) is 5.82 Å². The summed E-state index contributed by atoms with van der Waals surface area (Å²) >= 11 is 0. The Labute approximate surface area is 146 Å². The first kappa shape index (κ1) is 17.0. The molecule has 0 radical (unpaired) electrons. The molecule has 0 fully saturated rings. The molecule has 1 atom stereocenters. The first-order valence-electron chi connectivity index (χ1n) is 8.17. The second kappa shape index (κ2) is 6.93. The molecule has 0 saturated carbocycles. The molecule has 3 nitrogen and oxygen atoms in total. The van der Waals surface area contributed by atoms with Gasteiger partial charge >= 0.3 is 5.97 Å². The maximum atomic E-state index is 13.0. The molecule has 0 aliphatic heterocycles. The van der Waals surface area contributed by atoms with E-state index in [1.54, 1.807) is 31.2 Å². The molecule has 128 valence electrons. The van der Waals surface area contributed by atoms with Gasteiger partial charge in [-0.1, -0.05) is 12.1 Å². The standard InChI is InChI=1S/C21H20FNO2/c1-14-4-5-15(2)23(14)20-12-8-18(9-13-20)21(24)25-16(3)17-6-10-19(22)11-7-17/h4-13,16H,1-3H3/t16-/m0/s1. The van der Waals surface area contributed by atoms with Crippen molar-refractivity contribution < 1.29 is 13.9 Å². The predicted molar refractivity (Wildman–Crippen MR) is 95.5 cm³/mol. The van der Waals surface area contributed by atoms with Crippen LogP contribution in [0.2, 0.25) is 0 Å². The summed E-state index contributed by atoms with van der Waals surface area (Å²) in [6, 6.07) is 17.4. The third-order valence-electron chi connectivity index (χ3n) is 4.26. The summed E-state index contributed by atoms with van der Waals surface area (Å²) in [5.74, 6) is -0.710. The van der Waals surface area contributed by atoms with Gasteiger partial charge in [-0.2, -0.15) is 0 Å². The molecule has 3 aromatic rings. The van der Waals surface area contributed by atoms with Crippen molar-refractivity contribution in [2.75, 3.05) is 0 Å². The van der Waals surface area contributed by atoms with Gasteiger partial charge in [0.1, 0.15) is 11.9 Å². The summed E-state index contributed by atoms with van der Waals surface area (Å²) in [5.41, 5.74) is 4.52. The molecule has 1 aromatic heterocycles. The Bertz CT molecular complexity index is 860. The van der Waals surface area contributed by atoms with Crippen LogP contribution in [0.5, 0.6) is 0 Å². The fraction of sp³-hybridized carbons (Fsp3) is 0.190. The van der Waals surface area contributed by atoms with Crippen molar-refractivity contribution in [1.29, 1.82) is 0 Å². The number of ether oxygens (including phenoxy) is 1. The van der Waals surface area contributed by atoms with Crippen molar-refractivity contribution >= 4 is 5.97 Å². The van der Waals surface area contributed by atoms with Gasteiger partial charge in [0.2, 0.25) is 0 Å². The van der Waals surface area contributed by atoms with E-state index < -0.39 is 12.1 Å². The van der Waals surface area contributed by atoms with E-state index in [1.807, 2.05) is 26.0 Å². The highest BCUT2D eigenvalue weighted by Crippen LogP contribution is 2.21. The molecule has 0 aliphatic carbocycles. The van der Waals surface area contributed by atoms with Crippen LogP contribution < -0.4 is 0 Å². The van der Waals surface area contributed by atoms with E-state index >= 15 is 0 Å². The first-order chi connectivity index (χ1) is 12.0. The zero-order valence-electron chi connectivity index (χ0n) is 14.5. The Morgan fingerprint density at radius 2 is 1.48 bits per heavy atom. The van der Waals surface area contributed by atoms with Gasteiger partial charge in [0.15, 0.2) is 0 Å². The molecule has 0 saturated heterocycles. The van der Waals surface area contributed by atoms with Crippen LogP contribution in [0.25, 0.3) is 5.69 Å². The third-order valence-corrected chi connectivity index (χ3v) is 4.26. The summed E-state index contributed by atoms with van der Waals surface area (Å²) in [4.78, 5) is 12.3. The smallest absolute Gasteiger partial charge is 0.338 e. The lowest BCUT2D eigenvalue weighted by Crippen LogP contribution is -2.09. The van der Waals surface area contributed by atoms with Crippen molar-refractivity contribution in [3.05, 3.63) is 89.0 Å². The van der Waals surface area contributed by atoms with Gasteiger partial charge in [0, 0.05) is 17.1 Å². The van der Waals surface area contributed by atoms with Crippen LogP contribution in [0.4, 0.5) is 4.39 Å². The lowest BCUT2D eigenvalue weighted by Gasteiger charge is -2.14. The lowest BCUT2D eigenvalue weighted by molar-refractivity contribution is 0.0338. The number of esters is 1. The molecule has 4 heteroatoms. The van der Waals surface area contributed by atoms with Crippen LogP contribution in [0.1, 0.15) is 40.3 Å². The molecule has 1 heterocycles. The molecule has 3 rings (SSSR count). The molecular weight excluding hydrogens is 317 g/mol. The minimum absolute atomic E-state index is 0.312. The van der Waals surface area contributed by atoms with Gasteiger partial charge in [-0.05, 0) is 74.9 Å². The SMILES string of the molecule is Cc1ccc(C)n1-c1ccc(C(=O)O[C@@H](C)c2ccc(F)cc2)cc1. The van der Waals surface area contributed by atoms with Gasteiger partial charge in [0.25, 0.3) is 0 Å². The highest BCUT2D eigenvalue weighted by atomic mass is 19.1. The minimum Gasteiger partial charge on any atom is -0.454 e. The summed E-state index contributed by atoms with van der Waals surface area (Å²) in [6.45, 7) is 5.85. The Balaban J connectivity index is 1.73. The Morgan fingerprint density at radius 3 is 2.04 bits per heavy atom. The molecule has 0 amide bonds. The maximum absolute atomic E-state index is 13.0.